The van der Waals surface area contributed by atoms with E-state index in [0.29, 0.717) is 0 Å². The number of nitrogens with two attached hydrogens (primary N) is 1. The van der Waals surface area contributed by atoms with Crippen molar-refractivity contribution in [3.05, 3.63) is 67.2 Å². The maximum absolute atomic E-state index is 6.42. The molecule has 1 heterocycles. The number of hydrogen-bond donors (Lipinski definition) is 1. The van der Waals surface area contributed by atoms with Gasteiger partial charge in [-0.2, -0.15) is 0 Å². The first kappa shape index (κ1) is 13.3. The molecular formula is C15H11Br2NS. The molecule has 0 radical (unpaired) electrons. The van der Waals surface area contributed by atoms with Gasteiger partial charge in [0.05, 0.1) is 9.83 Å². The molecule has 1 atom stereocenters. The molecule has 0 spiro atoms. The highest BCUT2D eigenvalue weighted by Gasteiger charge is 2.14. The van der Waals surface area contributed by atoms with Crippen molar-refractivity contribution >= 4 is 54.0 Å². The van der Waals surface area contributed by atoms with Gasteiger partial charge in [0, 0.05) is 9.35 Å². The topological polar surface area (TPSA) is 26.0 Å². The Labute approximate surface area is 132 Å². The third-order valence-corrected chi connectivity index (χ3v) is 5.54. The van der Waals surface area contributed by atoms with Crippen LogP contribution >= 0.6 is 43.2 Å². The average molecular weight is 397 g/mol. The number of fused-ring (bicyclic) bond motifs is 1. The summed E-state index contributed by atoms with van der Waals surface area (Å²) in [7, 11) is 0. The zero-order chi connectivity index (χ0) is 13.4. The Morgan fingerprint density at radius 3 is 2.32 bits per heavy atom. The van der Waals surface area contributed by atoms with E-state index in [0.717, 1.165) is 13.8 Å². The number of halogens is 2. The lowest BCUT2D eigenvalue weighted by Gasteiger charge is -2.14. The van der Waals surface area contributed by atoms with Crippen LogP contribution in [-0.4, -0.2) is 0 Å². The van der Waals surface area contributed by atoms with Crippen molar-refractivity contribution in [1.82, 2.24) is 0 Å². The number of rotatable bonds is 2. The second-order valence-corrected chi connectivity index (χ2v) is 7.65. The number of benzene rings is 2. The van der Waals surface area contributed by atoms with Crippen molar-refractivity contribution in [3.63, 3.8) is 0 Å². The van der Waals surface area contributed by atoms with Gasteiger partial charge in [-0.3, -0.25) is 0 Å². The summed E-state index contributed by atoms with van der Waals surface area (Å²) in [4.78, 5) is 1.17. The normalized spacial score (nSPS) is 12.8. The predicted octanol–water partition coefficient (Wildman–Crippen LogP) is 5.47. The lowest BCUT2D eigenvalue weighted by molar-refractivity contribution is 0.903. The highest BCUT2D eigenvalue weighted by molar-refractivity contribution is 9.11. The quantitative estimate of drug-likeness (QED) is 0.610. The van der Waals surface area contributed by atoms with Crippen molar-refractivity contribution in [1.29, 1.82) is 0 Å². The molecule has 96 valence electrons. The van der Waals surface area contributed by atoms with E-state index in [9.17, 15) is 0 Å². The summed E-state index contributed by atoms with van der Waals surface area (Å²) in [5.41, 5.74) is 7.58. The summed E-state index contributed by atoms with van der Waals surface area (Å²) >= 11 is 8.77. The van der Waals surface area contributed by atoms with Gasteiger partial charge in [0.15, 0.2) is 0 Å². The molecule has 4 heteroatoms. The summed E-state index contributed by atoms with van der Waals surface area (Å²) in [5, 5.41) is 2.40. The van der Waals surface area contributed by atoms with Crippen LogP contribution in [-0.2, 0) is 0 Å². The number of thiophene rings is 1. The van der Waals surface area contributed by atoms with Crippen LogP contribution in [0.2, 0.25) is 0 Å². The summed E-state index contributed by atoms with van der Waals surface area (Å²) in [6.45, 7) is 0. The maximum atomic E-state index is 6.42. The smallest absolute Gasteiger partial charge is 0.0702 e. The van der Waals surface area contributed by atoms with E-state index in [2.05, 4.69) is 68.3 Å². The summed E-state index contributed by atoms with van der Waals surface area (Å²) < 4.78 is 2.21. The molecule has 0 saturated carbocycles. The van der Waals surface area contributed by atoms with Crippen LogP contribution < -0.4 is 5.73 Å². The van der Waals surface area contributed by atoms with Crippen molar-refractivity contribution < 1.29 is 0 Å². The molecule has 0 bridgehead atoms. The molecule has 1 aromatic heterocycles. The van der Waals surface area contributed by atoms with Crippen LogP contribution in [0, 0.1) is 0 Å². The predicted molar refractivity (Wildman–Crippen MR) is 89.7 cm³/mol. The number of hydrogen-bond acceptors (Lipinski definition) is 2. The minimum absolute atomic E-state index is 0.0886. The van der Waals surface area contributed by atoms with E-state index in [1.165, 1.54) is 15.6 Å². The second kappa shape index (κ2) is 5.37. The van der Waals surface area contributed by atoms with Gasteiger partial charge in [-0.1, -0.05) is 46.3 Å². The van der Waals surface area contributed by atoms with E-state index in [4.69, 9.17) is 5.73 Å². The molecule has 0 aliphatic rings. The van der Waals surface area contributed by atoms with Crippen molar-refractivity contribution in [2.75, 3.05) is 0 Å². The van der Waals surface area contributed by atoms with Crippen LogP contribution in [0.4, 0.5) is 0 Å². The minimum Gasteiger partial charge on any atom is -0.320 e. The Morgan fingerprint density at radius 2 is 1.63 bits per heavy atom. The second-order valence-electron chi connectivity index (χ2n) is 4.30. The first-order valence-corrected chi connectivity index (χ1v) is 8.25. The van der Waals surface area contributed by atoms with Gasteiger partial charge in [0.2, 0.25) is 0 Å². The summed E-state index contributed by atoms with van der Waals surface area (Å²) in [6.07, 6.45) is 0. The lowest BCUT2D eigenvalue weighted by Crippen LogP contribution is -2.10. The molecule has 19 heavy (non-hydrogen) atoms. The monoisotopic (exact) mass is 395 g/mol. The van der Waals surface area contributed by atoms with Gasteiger partial charge in [-0.25, -0.2) is 0 Å². The molecule has 3 rings (SSSR count). The summed E-state index contributed by atoms with van der Waals surface area (Å²) in [6, 6.07) is 16.5. The highest BCUT2D eigenvalue weighted by Crippen LogP contribution is 2.35. The molecular weight excluding hydrogens is 386 g/mol. The Balaban J connectivity index is 2.18. The molecule has 1 unspecified atom stereocenters. The molecule has 0 aliphatic heterocycles. The van der Waals surface area contributed by atoms with Gasteiger partial charge >= 0.3 is 0 Å². The van der Waals surface area contributed by atoms with Crippen molar-refractivity contribution in [2.24, 2.45) is 5.73 Å². The molecule has 2 N–H and O–H groups in total. The Bertz CT molecular complexity index is 736. The van der Waals surface area contributed by atoms with Crippen LogP contribution in [0.25, 0.3) is 10.8 Å². The van der Waals surface area contributed by atoms with E-state index in [1.54, 1.807) is 11.3 Å². The van der Waals surface area contributed by atoms with Crippen molar-refractivity contribution in [3.8, 4) is 0 Å². The first-order chi connectivity index (χ1) is 9.16. The first-order valence-electron chi connectivity index (χ1n) is 5.85. The van der Waals surface area contributed by atoms with Crippen LogP contribution in [0.5, 0.6) is 0 Å². The molecule has 0 fully saturated rings. The molecule has 3 aromatic rings. The lowest BCUT2D eigenvalue weighted by atomic mass is 9.98. The fourth-order valence-electron chi connectivity index (χ4n) is 2.21. The average Bonchev–Trinajstić information content (AvgIpc) is 2.86. The fourth-order valence-corrected chi connectivity index (χ4v) is 4.13. The molecule has 0 amide bonds. The molecule has 0 saturated heterocycles. The van der Waals surface area contributed by atoms with Gasteiger partial charge in [-0.15, -0.1) is 11.3 Å². The van der Waals surface area contributed by atoms with E-state index in [1.807, 2.05) is 12.1 Å². The van der Waals surface area contributed by atoms with Gasteiger partial charge in [0.1, 0.15) is 0 Å². The summed E-state index contributed by atoms with van der Waals surface area (Å²) in [5.74, 6) is 0. The maximum Gasteiger partial charge on any atom is 0.0702 e. The molecule has 2 aromatic carbocycles. The van der Waals surface area contributed by atoms with Gasteiger partial charge in [0.25, 0.3) is 0 Å². The molecule has 1 nitrogen and oxygen atoms in total. The third kappa shape index (κ3) is 2.50. The Morgan fingerprint density at radius 1 is 0.895 bits per heavy atom. The van der Waals surface area contributed by atoms with Gasteiger partial charge in [-0.05, 0) is 50.5 Å². The minimum atomic E-state index is -0.0886. The third-order valence-electron chi connectivity index (χ3n) is 3.14. The zero-order valence-electron chi connectivity index (χ0n) is 9.94. The standard InChI is InChI=1S/C15H11Br2NS/c16-12-6-5-11(9-3-1-2-4-10(9)12)15(18)13-7-8-14(17)19-13/h1-8,15H,18H2. The van der Waals surface area contributed by atoms with Crippen LogP contribution in [0.15, 0.2) is 56.8 Å². The highest BCUT2D eigenvalue weighted by atomic mass is 79.9. The zero-order valence-corrected chi connectivity index (χ0v) is 13.9. The fraction of sp³-hybridized carbons (Fsp3) is 0.0667. The van der Waals surface area contributed by atoms with Crippen LogP contribution in [0.3, 0.4) is 0 Å². The van der Waals surface area contributed by atoms with E-state index < -0.39 is 0 Å². The molecule has 0 aliphatic carbocycles. The Hall–Kier alpha value is -0.680. The Kier molecular flexibility index (Phi) is 3.76. The van der Waals surface area contributed by atoms with Gasteiger partial charge < -0.3 is 5.73 Å². The van der Waals surface area contributed by atoms with E-state index in [-0.39, 0.29) is 6.04 Å². The van der Waals surface area contributed by atoms with E-state index >= 15 is 0 Å². The van der Waals surface area contributed by atoms with Crippen LogP contribution in [0.1, 0.15) is 16.5 Å². The van der Waals surface area contributed by atoms with Crippen molar-refractivity contribution in [2.45, 2.75) is 6.04 Å². The SMILES string of the molecule is NC(c1ccc(Br)s1)c1ccc(Br)c2ccccc12. The largest absolute Gasteiger partial charge is 0.320 e.